The summed E-state index contributed by atoms with van der Waals surface area (Å²) in [5.74, 6) is 0. The van der Waals surface area contributed by atoms with Gasteiger partial charge in [0, 0.05) is 37.5 Å². The van der Waals surface area contributed by atoms with E-state index in [1.54, 1.807) is 12.4 Å². The van der Waals surface area contributed by atoms with Crippen LogP contribution in [0.5, 0.6) is 0 Å². The minimum atomic E-state index is -0.145. The van der Waals surface area contributed by atoms with Gasteiger partial charge < -0.3 is 15.7 Å². The van der Waals surface area contributed by atoms with Crippen LogP contribution >= 0.6 is 0 Å². The number of nitrogens with one attached hydrogen (secondary N) is 2. The lowest BCUT2D eigenvalue weighted by Gasteiger charge is -2.37. The Hall–Kier alpha value is -1.62. The zero-order valence-corrected chi connectivity index (χ0v) is 15.0. The molecule has 0 atom stereocenters. The summed E-state index contributed by atoms with van der Waals surface area (Å²) in [6.07, 6.45) is 10.2. The molecule has 3 N–H and O–H groups in total. The Bertz CT molecular complexity index is 505. The third-order valence-electron chi connectivity index (χ3n) is 5.33. The van der Waals surface area contributed by atoms with Gasteiger partial charge in [-0.05, 0) is 42.4 Å². The molecule has 0 radical (unpaired) electrons. The quantitative estimate of drug-likeness (QED) is 0.718. The van der Waals surface area contributed by atoms with E-state index in [1.165, 1.54) is 19.3 Å². The van der Waals surface area contributed by atoms with Crippen molar-refractivity contribution in [2.45, 2.75) is 57.8 Å². The number of carbonyl (C=O) groups is 1. The third-order valence-corrected chi connectivity index (χ3v) is 5.33. The van der Waals surface area contributed by atoms with Crippen molar-refractivity contribution < 1.29 is 9.90 Å². The number of aromatic nitrogens is 1. The number of urea groups is 1. The first kappa shape index (κ1) is 18.7. The fourth-order valence-electron chi connectivity index (χ4n) is 3.59. The van der Waals surface area contributed by atoms with Crippen LogP contribution < -0.4 is 10.6 Å². The Morgan fingerprint density at radius 1 is 1.21 bits per heavy atom. The van der Waals surface area contributed by atoms with Crippen LogP contribution in [0.3, 0.4) is 0 Å². The first-order chi connectivity index (χ1) is 11.5. The Morgan fingerprint density at radius 3 is 2.50 bits per heavy atom. The van der Waals surface area contributed by atoms with Gasteiger partial charge in [0.05, 0.1) is 0 Å². The molecule has 2 rings (SSSR count). The fourth-order valence-corrected chi connectivity index (χ4v) is 3.59. The summed E-state index contributed by atoms with van der Waals surface area (Å²) in [7, 11) is 0. The number of carbonyl (C=O) groups excluding carboxylic acids is 1. The monoisotopic (exact) mass is 333 g/mol. The number of pyridine rings is 1. The second kappa shape index (κ2) is 8.47. The summed E-state index contributed by atoms with van der Waals surface area (Å²) < 4.78 is 0. The molecule has 0 spiro atoms. The zero-order chi connectivity index (χ0) is 17.5. The SMILES string of the molecule is CC(C)(CNC(=O)NCC1(CCO)CCCCC1)c1ccncc1. The molecule has 24 heavy (non-hydrogen) atoms. The van der Waals surface area contributed by atoms with Crippen LogP contribution in [0.1, 0.15) is 57.9 Å². The van der Waals surface area contributed by atoms with E-state index in [0.29, 0.717) is 13.1 Å². The van der Waals surface area contributed by atoms with E-state index >= 15 is 0 Å². The maximum absolute atomic E-state index is 12.2. The van der Waals surface area contributed by atoms with Gasteiger partial charge in [-0.15, -0.1) is 0 Å². The first-order valence-electron chi connectivity index (χ1n) is 9.01. The average molecular weight is 333 g/mol. The molecule has 1 aromatic rings. The largest absolute Gasteiger partial charge is 0.396 e. The first-order valence-corrected chi connectivity index (χ1v) is 9.01. The topological polar surface area (TPSA) is 74.2 Å². The van der Waals surface area contributed by atoms with E-state index in [2.05, 4.69) is 29.5 Å². The normalized spacial score (nSPS) is 17.3. The van der Waals surface area contributed by atoms with Gasteiger partial charge in [-0.2, -0.15) is 0 Å². The molecule has 0 aliphatic heterocycles. The molecule has 0 bridgehead atoms. The predicted octanol–water partition coefficient (Wildman–Crippen LogP) is 2.99. The number of hydrogen-bond donors (Lipinski definition) is 3. The maximum Gasteiger partial charge on any atom is 0.314 e. The summed E-state index contributed by atoms with van der Waals surface area (Å²) in [6.45, 7) is 5.62. The van der Waals surface area contributed by atoms with Crippen molar-refractivity contribution in [2.75, 3.05) is 19.7 Å². The number of rotatable bonds is 7. The molecule has 0 saturated heterocycles. The number of nitrogens with zero attached hydrogens (tertiary/aromatic N) is 1. The van der Waals surface area contributed by atoms with Gasteiger partial charge in [-0.3, -0.25) is 4.98 Å². The van der Waals surface area contributed by atoms with Crippen molar-refractivity contribution in [2.24, 2.45) is 5.41 Å². The molecule has 5 nitrogen and oxygen atoms in total. The molecule has 0 unspecified atom stereocenters. The highest BCUT2D eigenvalue weighted by molar-refractivity contribution is 5.74. The van der Waals surface area contributed by atoms with Crippen molar-refractivity contribution in [3.8, 4) is 0 Å². The van der Waals surface area contributed by atoms with E-state index < -0.39 is 0 Å². The van der Waals surface area contributed by atoms with Crippen molar-refractivity contribution in [3.05, 3.63) is 30.1 Å². The molecular weight excluding hydrogens is 302 g/mol. The van der Waals surface area contributed by atoms with Gasteiger partial charge in [0.2, 0.25) is 0 Å². The summed E-state index contributed by atoms with van der Waals surface area (Å²) in [5.41, 5.74) is 1.08. The summed E-state index contributed by atoms with van der Waals surface area (Å²) in [6, 6.07) is 3.84. The molecular formula is C19H31N3O2. The van der Waals surface area contributed by atoms with Crippen molar-refractivity contribution >= 4 is 6.03 Å². The lowest BCUT2D eigenvalue weighted by molar-refractivity contribution is 0.127. The minimum Gasteiger partial charge on any atom is -0.396 e. The van der Waals surface area contributed by atoms with Gasteiger partial charge in [0.15, 0.2) is 0 Å². The number of aliphatic hydroxyl groups excluding tert-OH is 1. The molecule has 1 fully saturated rings. The molecule has 134 valence electrons. The van der Waals surface area contributed by atoms with Gasteiger partial charge in [0.25, 0.3) is 0 Å². The smallest absolute Gasteiger partial charge is 0.314 e. The zero-order valence-electron chi connectivity index (χ0n) is 15.0. The highest BCUT2D eigenvalue weighted by Gasteiger charge is 2.32. The van der Waals surface area contributed by atoms with Crippen LogP contribution in [-0.4, -0.2) is 35.8 Å². The van der Waals surface area contributed by atoms with Crippen LogP contribution in [0.15, 0.2) is 24.5 Å². The number of aliphatic hydroxyl groups is 1. The van der Waals surface area contributed by atoms with Gasteiger partial charge in [-0.1, -0.05) is 33.1 Å². The fraction of sp³-hybridized carbons (Fsp3) is 0.684. The van der Waals surface area contributed by atoms with E-state index in [9.17, 15) is 9.90 Å². The van der Waals surface area contributed by atoms with Gasteiger partial charge in [-0.25, -0.2) is 4.79 Å². The third kappa shape index (κ3) is 5.20. The van der Waals surface area contributed by atoms with E-state index in [1.807, 2.05) is 12.1 Å². The summed E-state index contributed by atoms with van der Waals surface area (Å²) in [4.78, 5) is 16.3. The summed E-state index contributed by atoms with van der Waals surface area (Å²) >= 11 is 0. The lowest BCUT2D eigenvalue weighted by Crippen LogP contribution is -2.46. The van der Waals surface area contributed by atoms with Crippen LogP contribution in [0, 0.1) is 5.41 Å². The van der Waals surface area contributed by atoms with Gasteiger partial charge in [0.1, 0.15) is 0 Å². The van der Waals surface area contributed by atoms with Crippen molar-refractivity contribution in [1.82, 2.24) is 15.6 Å². The maximum atomic E-state index is 12.2. The van der Waals surface area contributed by atoms with E-state index in [4.69, 9.17) is 0 Å². The highest BCUT2D eigenvalue weighted by atomic mass is 16.3. The summed E-state index contributed by atoms with van der Waals surface area (Å²) in [5, 5.41) is 15.4. The minimum absolute atomic E-state index is 0.0744. The van der Waals surface area contributed by atoms with Crippen LogP contribution in [-0.2, 0) is 5.41 Å². The Labute approximate surface area is 145 Å². The van der Waals surface area contributed by atoms with E-state index in [0.717, 1.165) is 24.8 Å². The van der Waals surface area contributed by atoms with Gasteiger partial charge >= 0.3 is 6.03 Å². The predicted molar refractivity (Wildman–Crippen MR) is 95.9 cm³/mol. The second-order valence-electron chi connectivity index (χ2n) is 7.69. The standard InChI is InChI=1S/C19H31N3O2/c1-18(2,16-6-11-20-12-7-16)14-21-17(24)22-15-19(10-13-23)8-4-3-5-9-19/h6-7,11-12,23H,3-5,8-10,13-15H2,1-2H3,(H2,21,22,24). The Kier molecular flexibility index (Phi) is 6.60. The van der Waals surface area contributed by atoms with Crippen LogP contribution in [0.2, 0.25) is 0 Å². The number of amides is 2. The molecule has 1 heterocycles. The molecule has 1 aliphatic rings. The van der Waals surface area contributed by atoms with Crippen molar-refractivity contribution in [1.29, 1.82) is 0 Å². The molecule has 1 aromatic heterocycles. The lowest BCUT2D eigenvalue weighted by atomic mass is 9.72. The Balaban J connectivity index is 1.82. The second-order valence-corrected chi connectivity index (χ2v) is 7.69. The average Bonchev–Trinajstić information content (AvgIpc) is 2.60. The highest BCUT2D eigenvalue weighted by Crippen LogP contribution is 2.38. The van der Waals surface area contributed by atoms with Crippen molar-refractivity contribution in [3.63, 3.8) is 0 Å². The van der Waals surface area contributed by atoms with Crippen LogP contribution in [0.4, 0.5) is 4.79 Å². The van der Waals surface area contributed by atoms with E-state index in [-0.39, 0.29) is 23.5 Å². The number of hydrogen-bond acceptors (Lipinski definition) is 3. The molecule has 5 heteroatoms. The molecule has 0 aromatic carbocycles. The molecule has 1 saturated carbocycles. The molecule has 1 aliphatic carbocycles. The van der Waals surface area contributed by atoms with Crippen LogP contribution in [0.25, 0.3) is 0 Å². The Morgan fingerprint density at radius 2 is 1.88 bits per heavy atom. The molecule has 2 amide bonds.